The lowest BCUT2D eigenvalue weighted by atomic mass is 9.87. The van der Waals surface area contributed by atoms with Crippen molar-refractivity contribution in [3.8, 4) is 0 Å². The highest BCUT2D eigenvalue weighted by Gasteiger charge is 2.56. The van der Waals surface area contributed by atoms with Crippen LogP contribution < -0.4 is 11.1 Å². The number of hydrogen-bond donors (Lipinski definition) is 2. The van der Waals surface area contributed by atoms with Gasteiger partial charge in [-0.25, -0.2) is 15.0 Å². The number of ether oxygens (including phenoxy) is 3. The standard InChI is InChI=1S/C29H41N7O4/c1-28(2,3)18-10-12-19(13-11-18)34-21(37)9-7-8-14-35(6)15-20-23-24(40-29(4,5)39-23)27(38-20)36-17-33-22-25(30)31-16-32-26(22)36/h10-13,16-17,20,23-24,27H,7-9,14-15H2,1-6H3,(H,34,37)(H2,30,31,32)/t20-,23-,24-,27-/m1/s1. The van der Waals surface area contributed by atoms with Gasteiger partial charge in [0.2, 0.25) is 5.91 Å². The smallest absolute Gasteiger partial charge is 0.224 e. The van der Waals surface area contributed by atoms with Gasteiger partial charge in [0.1, 0.15) is 30.2 Å². The summed E-state index contributed by atoms with van der Waals surface area (Å²) in [5, 5.41) is 3.01. The Labute approximate surface area is 235 Å². The van der Waals surface area contributed by atoms with E-state index in [1.165, 1.54) is 11.9 Å². The number of anilines is 2. The maximum Gasteiger partial charge on any atom is 0.224 e. The van der Waals surface area contributed by atoms with Gasteiger partial charge in [-0.3, -0.25) is 9.36 Å². The highest BCUT2D eigenvalue weighted by atomic mass is 16.8. The molecule has 11 nitrogen and oxygen atoms in total. The molecule has 1 aromatic carbocycles. The molecule has 1 amide bonds. The molecule has 0 saturated carbocycles. The summed E-state index contributed by atoms with van der Waals surface area (Å²) in [6.07, 6.45) is 4.04. The van der Waals surface area contributed by atoms with Crippen LogP contribution in [0.2, 0.25) is 0 Å². The van der Waals surface area contributed by atoms with E-state index in [-0.39, 0.29) is 29.6 Å². The van der Waals surface area contributed by atoms with Gasteiger partial charge in [-0.15, -0.1) is 0 Å². The number of nitrogens with two attached hydrogens (primary N) is 1. The van der Waals surface area contributed by atoms with E-state index in [2.05, 4.69) is 65.1 Å². The molecule has 3 aromatic rings. The van der Waals surface area contributed by atoms with Gasteiger partial charge < -0.3 is 30.2 Å². The third-order valence-corrected chi connectivity index (χ3v) is 7.51. The molecule has 0 radical (unpaired) electrons. The fourth-order valence-electron chi connectivity index (χ4n) is 5.43. The first-order valence-electron chi connectivity index (χ1n) is 13.9. The summed E-state index contributed by atoms with van der Waals surface area (Å²) >= 11 is 0. The summed E-state index contributed by atoms with van der Waals surface area (Å²) in [5.41, 5.74) is 9.29. The van der Waals surface area contributed by atoms with Crippen molar-refractivity contribution in [3.05, 3.63) is 42.5 Å². The van der Waals surface area contributed by atoms with Crippen LogP contribution in [0.3, 0.4) is 0 Å². The Morgan fingerprint density at radius 1 is 1.10 bits per heavy atom. The number of rotatable bonds is 9. The summed E-state index contributed by atoms with van der Waals surface area (Å²) in [7, 11) is 2.06. The van der Waals surface area contributed by atoms with Crippen molar-refractivity contribution in [1.29, 1.82) is 0 Å². The highest BCUT2D eigenvalue weighted by Crippen LogP contribution is 2.44. The third-order valence-electron chi connectivity index (χ3n) is 7.51. The third kappa shape index (κ3) is 6.12. The Morgan fingerprint density at radius 3 is 2.55 bits per heavy atom. The zero-order chi connectivity index (χ0) is 28.7. The number of aromatic nitrogens is 4. The van der Waals surface area contributed by atoms with E-state index < -0.39 is 12.0 Å². The van der Waals surface area contributed by atoms with E-state index in [9.17, 15) is 4.79 Å². The molecule has 2 aliphatic heterocycles. The number of hydrogen-bond acceptors (Lipinski definition) is 9. The Balaban J connectivity index is 1.12. The van der Waals surface area contributed by atoms with Crippen molar-refractivity contribution in [2.45, 2.75) is 89.6 Å². The van der Waals surface area contributed by atoms with E-state index in [1.54, 1.807) is 6.33 Å². The zero-order valence-corrected chi connectivity index (χ0v) is 24.3. The lowest BCUT2D eigenvalue weighted by molar-refractivity contribution is -0.197. The number of unbranched alkanes of at least 4 members (excludes halogenated alkanes) is 1. The first-order chi connectivity index (χ1) is 18.9. The minimum absolute atomic E-state index is 0.0340. The van der Waals surface area contributed by atoms with E-state index in [1.807, 2.05) is 30.5 Å². The zero-order valence-electron chi connectivity index (χ0n) is 24.3. The van der Waals surface area contributed by atoms with E-state index in [0.29, 0.717) is 29.9 Å². The van der Waals surface area contributed by atoms with Crippen LogP contribution in [0.4, 0.5) is 11.5 Å². The molecule has 0 unspecified atom stereocenters. The Bertz CT molecular complexity index is 1330. The van der Waals surface area contributed by atoms with Crippen molar-refractivity contribution >= 4 is 28.6 Å². The number of imidazole rings is 1. The predicted octanol–water partition coefficient (Wildman–Crippen LogP) is 3.86. The van der Waals surface area contributed by atoms with E-state index in [0.717, 1.165) is 25.1 Å². The number of fused-ring (bicyclic) bond motifs is 2. The van der Waals surface area contributed by atoms with Crippen molar-refractivity contribution in [1.82, 2.24) is 24.4 Å². The average molecular weight is 552 g/mol. The summed E-state index contributed by atoms with van der Waals surface area (Å²) < 4.78 is 20.9. The normalized spacial score (nSPS) is 24.1. The molecular weight excluding hydrogens is 510 g/mol. The minimum atomic E-state index is -0.723. The van der Waals surface area contributed by atoms with E-state index >= 15 is 0 Å². The van der Waals surface area contributed by atoms with Crippen molar-refractivity contribution < 1.29 is 19.0 Å². The second kappa shape index (κ2) is 11.0. The highest BCUT2D eigenvalue weighted by molar-refractivity contribution is 5.90. The molecule has 4 heterocycles. The number of likely N-dealkylation sites (N-methyl/N-ethyl adjacent to an activating group) is 1. The molecule has 11 heteroatoms. The van der Waals surface area contributed by atoms with Crippen molar-refractivity contribution in [2.75, 3.05) is 31.2 Å². The lowest BCUT2D eigenvalue weighted by Crippen LogP contribution is -2.38. The quantitative estimate of drug-likeness (QED) is 0.381. The van der Waals surface area contributed by atoms with Gasteiger partial charge in [0.05, 0.1) is 6.33 Å². The summed E-state index contributed by atoms with van der Waals surface area (Å²) in [6, 6.07) is 8.09. The molecule has 216 valence electrons. The second-order valence-electron chi connectivity index (χ2n) is 12.3. The van der Waals surface area contributed by atoms with Crippen molar-refractivity contribution in [2.24, 2.45) is 0 Å². The van der Waals surface area contributed by atoms with Gasteiger partial charge in [-0.05, 0) is 63.4 Å². The van der Waals surface area contributed by atoms with Crippen LogP contribution in [0.15, 0.2) is 36.9 Å². The number of carbonyl (C=O) groups is 1. The summed E-state index contributed by atoms with van der Waals surface area (Å²) in [5.74, 6) is -0.365. The van der Waals surface area contributed by atoms with Gasteiger partial charge in [0.15, 0.2) is 23.5 Å². The first-order valence-corrected chi connectivity index (χ1v) is 13.9. The molecule has 3 N–H and O–H groups in total. The fraction of sp³-hybridized carbons (Fsp3) is 0.586. The second-order valence-corrected chi connectivity index (χ2v) is 12.3. The molecular formula is C29H41N7O4. The first kappa shape index (κ1) is 28.4. The molecule has 0 bridgehead atoms. The molecule has 4 atom stereocenters. The van der Waals surface area contributed by atoms with Crippen LogP contribution in [-0.2, 0) is 24.4 Å². The van der Waals surface area contributed by atoms with Gasteiger partial charge in [-0.2, -0.15) is 0 Å². The Hall–Kier alpha value is -3.12. The number of benzene rings is 1. The van der Waals surface area contributed by atoms with Crippen LogP contribution >= 0.6 is 0 Å². The lowest BCUT2D eigenvalue weighted by Gasteiger charge is -2.27. The number of nitrogens with zero attached hydrogens (tertiary/aromatic N) is 5. The Kier molecular flexibility index (Phi) is 7.84. The molecule has 40 heavy (non-hydrogen) atoms. The number of nitrogens with one attached hydrogen (secondary N) is 1. The predicted molar refractivity (Wildman–Crippen MR) is 153 cm³/mol. The fourth-order valence-corrected chi connectivity index (χ4v) is 5.43. The maximum atomic E-state index is 12.5. The van der Waals surface area contributed by atoms with Gasteiger partial charge in [0.25, 0.3) is 0 Å². The van der Waals surface area contributed by atoms with Crippen LogP contribution in [0, 0.1) is 0 Å². The summed E-state index contributed by atoms with van der Waals surface area (Å²) in [4.78, 5) is 27.5. The molecule has 2 aromatic heterocycles. The molecule has 2 saturated heterocycles. The topological polar surface area (TPSA) is 130 Å². The molecule has 2 aliphatic rings. The largest absolute Gasteiger partial charge is 0.382 e. The number of amides is 1. The Morgan fingerprint density at radius 2 is 1.82 bits per heavy atom. The maximum absolute atomic E-state index is 12.5. The average Bonchev–Trinajstić information content (AvgIpc) is 3.54. The number of nitrogen functional groups attached to an aromatic ring is 1. The molecule has 0 aliphatic carbocycles. The van der Waals surface area contributed by atoms with Crippen LogP contribution in [-0.4, -0.2) is 74.6 Å². The van der Waals surface area contributed by atoms with Crippen LogP contribution in [0.5, 0.6) is 0 Å². The SMILES string of the molecule is CN(CCCCC(=O)Nc1ccc(C(C)(C)C)cc1)C[C@H]1O[C@@H](n2cnc3c(N)ncnc32)[C@@H]2OC(C)(C)O[C@@H]21. The monoisotopic (exact) mass is 551 g/mol. The van der Waals surface area contributed by atoms with E-state index in [4.69, 9.17) is 19.9 Å². The van der Waals surface area contributed by atoms with Gasteiger partial charge in [0, 0.05) is 18.7 Å². The molecule has 2 fully saturated rings. The molecule has 0 spiro atoms. The van der Waals surface area contributed by atoms with Gasteiger partial charge >= 0.3 is 0 Å². The van der Waals surface area contributed by atoms with Crippen molar-refractivity contribution in [3.63, 3.8) is 0 Å². The van der Waals surface area contributed by atoms with Gasteiger partial charge in [-0.1, -0.05) is 32.9 Å². The van der Waals surface area contributed by atoms with Crippen LogP contribution in [0.1, 0.15) is 65.7 Å². The minimum Gasteiger partial charge on any atom is -0.382 e. The number of carbonyl (C=O) groups excluding carboxylic acids is 1. The summed E-state index contributed by atoms with van der Waals surface area (Å²) in [6.45, 7) is 11.9. The van der Waals surface area contributed by atoms with Crippen LogP contribution in [0.25, 0.3) is 11.2 Å². The molecule has 5 rings (SSSR count).